The van der Waals surface area contributed by atoms with E-state index < -0.39 is 10.0 Å². The standard InChI is InChI=1S/C31H38FN5O5S/c1-4-6-27-26-20-28(33-31(38)30(26)35(3)34-27)25-19-24(11-12-29(25)42-5-2)43(39,40)37(14-13-36-15-17-41-18-16-36)21-22-7-9-23(32)10-8-22/h7-12,19-20H,4-6,13-18,21H2,1-3H3,(H,33,38). The molecule has 43 heavy (non-hydrogen) atoms. The molecule has 0 spiro atoms. The van der Waals surface area contributed by atoms with Crippen molar-refractivity contribution in [1.82, 2.24) is 24.0 Å². The highest BCUT2D eigenvalue weighted by Gasteiger charge is 2.27. The molecule has 0 saturated carbocycles. The van der Waals surface area contributed by atoms with Crippen molar-refractivity contribution in [2.24, 2.45) is 7.05 Å². The maximum atomic E-state index is 14.2. The van der Waals surface area contributed by atoms with E-state index in [0.717, 1.165) is 30.6 Å². The third-order valence-electron chi connectivity index (χ3n) is 7.62. The van der Waals surface area contributed by atoms with Crippen molar-refractivity contribution in [2.45, 2.75) is 38.1 Å². The fourth-order valence-electron chi connectivity index (χ4n) is 5.41. The van der Waals surface area contributed by atoms with Crippen LogP contribution >= 0.6 is 0 Å². The molecule has 0 unspecified atom stereocenters. The third kappa shape index (κ3) is 6.82. The predicted molar refractivity (Wildman–Crippen MR) is 163 cm³/mol. The number of morpholine rings is 1. The van der Waals surface area contributed by atoms with Gasteiger partial charge >= 0.3 is 0 Å². The van der Waals surface area contributed by atoms with Gasteiger partial charge in [0.1, 0.15) is 17.1 Å². The number of aromatic nitrogens is 3. The molecule has 1 saturated heterocycles. The third-order valence-corrected chi connectivity index (χ3v) is 9.46. The summed E-state index contributed by atoms with van der Waals surface area (Å²) in [5, 5.41) is 5.27. The molecule has 5 rings (SSSR count). The fourth-order valence-corrected chi connectivity index (χ4v) is 6.86. The molecule has 2 aromatic carbocycles. The van der Waals surface area contributed by atoms with Crippen LogP contribution in [0.3, 0.4) is 0 Å². The van der Waals surface area contributed by atoms with Crippen molar-refractivity contribution < 1.29 is 22.3 Å². The van der Waals surface area contributed by atoms with Crippen molar-refractivity contribution in [3.8, 4) is 17.0 Å². The Kier molecular flexibility index (Phi) is 9.60. The molecule has 10 nitrogen and oxygen atoms in total. The Morgan fingerprint density at radius 3 is 2.53 bits per heavy atom. The minimum Gasteiger partial charge on any atom is -0.493 e. The lowest BCUT2D eigenvalue weighted by atomic mass is 10.1. The molecule has 1 N–H and O–H groups in total. The van der Waals surface area contributed by atoms with Gasteiger partial charge in [0, 0.05) is 50.7 Å². The Balaban J connectivity index is 1.56. The molecule has 230 valence electrons. The topological polar surface area (TPSA) is 110 Å². The van der Waals surface area contributed by atoms with Crippen molar-refractivity contribution >= 4 is 20.9 Å². The zero-order valence-corrected chi connectivity index (χ0v) is 25.6. The van der Waals surface area contributed by atoms with E-state index in [1.165, 1.54) is 22.5 Å². The number of nitrogens with one attached hydrogen (secondary N) is 1. The van der Waals surface area contributed by atoms with Gasteiger partial charge < -0.3 is 14.5 Å². The van der Waals surface area contributed by atoms with Crippen LogP contribution in [-0.2, 0) is 34.8 Å². The van der Waals surface area contributed by atoms with Gasteiger partial charge in [-0.2, -0.15) is 9.40 Å². The second-order valence-corrected chi connectivity index (χ2v) is 12.5. The molecule has 1 aliphatic rings. The van der Waals surface area contributed by atoms with Crippen LogP contribution in [0, 0.1) is 5.82 Å². The molecular formula is C31H38FN5O5S. The molecular weight excluding hydrogens is 573 g/mol. The lowest BCUT2D eigenvalue weighted by Gasteiger charge is -2.30. The van der Waals surface area contributed by atoms with Gasteiger partial charge in [0.25, 0.3) is 5.56 Å². The number of aromatic amines is 1. The highest BCUT2D eigenvalue weighted by molar-refractivity contribution is 7.89. The van der Waals surface area contributed by atoms with Gasteiger partial charge in [-0.3, -0.25) is 14.4 Å². The summed E-state index contributed by atoms with van der Waals surface area (Å²) in [7, 11) is -2.28. The average molecular weight is 612 g/mol. The van der Waals surface area contributed by atoms with Crippen LogP contribution < -0.4 is 10.3 Å². The zero-order valence-electron chi connectivity index (χ0n) is 24.8. The number of rotatable bonds is 12. The first-order chi connectivity index (χ1) is 20.7. The highest BCUT2D eigenvalue weighted by Crippen LogP contribution is 2.34. The van der Waals surface area contributed by atoms with Crippen LogP contribution in [-0.4, -0.2) is 78.4 Å². The normalized spacial score (nSPS) is 14.5. The Labute approximate surface area is 251 Å². The van der Waals surface area contributed by atoms with Gasteiger partial charge in [-0.15, -0.1) is 0 Å². The Morgan fingerprint density at radius 2 is 1.84 bits per heavy atom. The molecule has 1 aliphatic heterocycles. The van der Waals surface area contributed by atoms with E-state index >= 15 is 0 Å². The summed E-state index contributed by atoms with van der Waals surface area (Å²) in [6, 6.07) is 12.4. The summed E-state index contributed by atoms with van der Waals surface area (Å²) in [5.74, 6) is 0.0695. The van der Waals surface area contributed by atoms with Gasteiger partial charge in [0.15, 0.2) is 0 Å². The largest absolute Gasteiger partial charge is 0.493 e. The first-order valence-corrected chi connectivity index (χ1v) is 16.1. The molecule has 2 aromatic heterocycles. The Hall–Kier alpha value is -3.58. The van der Waals surface area contributed by atoms with E-state index in [4.69, 9.17) is 9.47 Å². The number of H-pyrrole nitrogens is 1. The Morgan fingerprint density at radius 1 is 1.09 bits per heavy atom. The van der Waals surface area contributed by atoms with Crippen LogP contribution in [0.25, 0.3) is 22.2 Å². The van der Waals surface area contributed by atoms with Gasteiger partial charge in [-0.1, -0.05) is 25.5 Å². The van der Waals surface area contributed by atoms with Gasteiger partial charge in [-0.05, 0) is 55.3 Å². The minimum atomic E-state index is -4.02. The molecule has 0 radical (unpaired) electrons. The maximum absolute atomic E-state index is 14.2. The van der Waals surface area contributed by atoms with Crippen molar-refractivity contribution in [2.75, 3.05) is 46.0 Å². The predicted octanol–water partition coefficient (Wildman–Crippen LogP) is 3.94. The molecule has 0 atom stereocenters. The number of halogens is 1. The highest BCUT2D eigenvalue weighted by atomic mass is 32.2. The van der Waals surface area contributed by atoms with E-state index in [-0.39, 0.29) is 29.4 Å². The molecule has 0 amide bonds. The average Bonchev–Trinajstić information content (AvgIpc) is 3.32. The monoisotopic (exact) mass is 611 g/mol. The van der Waals surface area contributed by atoms with Crippen LogP contribution in [0.5, 0.6) is 5.75 Å². The van der Waals surface area contributed by atoms with Gasteiger partial charge in [-0.25, -0.2) is 12.8 Å². The summed E-state index contributed by atoms with van der Waals surface area (Å²) < 4.78 is 56.4. The van der Waals surface area contributed by atoms with Crippen molar-refractivity contribution in [3.63, 3.8) is 0 Å². The summed E-state index contributed by atoms with van der Waals surface area (Å²) in [4.78, 5) is 18.4. The number of pyridine rings is 1. The molecule has 3 heterocycles. The number of benzene rings is 2. The SMILES string of the molecule is CCCc1nn(C)c2c(=O)[nH]c(-c3cc(S(=O)(=O)N(CCN4CCOCC4)Cc4ccc(F)cc4)ccc3OCC)cc12. The van der Waals surface area contributed by atoms with Gasteiger partial charge in [0.05, 0.1) is 36.1 Å². The minimum absolute atomic E-state index is 0.0657. The van der Waals surface area contributed by atoms with E-state index in [1.807, 2.05) is 19.9 Å². The first-order valence-electron chi connectivity index (χ1n) is 14.6. The van der Waals surface area contributed by atoms with Crippen LogP contribution in [0.2, 0.25) is 0 Å². The van der Waals surface area contributed by atoms with Crippen molar-refractivity contribution in [3.05, 3.63) is 76.0 Å². The molecule has 4 aromatic rings. The number of nitrogens with zero attached hydrogens (tertiary/aromatic N) is 4. The smallest absolute Gasteiger partial charge is 0.274 e. The molecule has 0 bridgehead atoms. The number of sulfonamides is 1. The quantitative estimate of drug-likeness (QED) is 0.259. The lowest BCUT2D eigenvalue weighted by Crippen LogP contribution is -2.42. The second-order valence-electron chi connectivity index (χ2n) is 10.6. The van der Waals surface area contributed by atoms with Gasteiger partial charge in [0.2, 0.25) is 10.0 Å². The number of hydrogen-bond acceptors (Lipinski definition) is 7. The summed E-state index contributed by atoms with van der Waals surface area (Å²) in [5.41, 5.74) is 2.53. The van der Waals surface area contributed by atoms with Crippen molar-refractivity contribution in [1.29, 1.82) is 0 Å². The maximum Gasteiger partial charge on any atom is 0.274 e. The number of ether oxygens (including phenoxy) is 2. The Bertz CT molecular complexity index is 1730. The van der Waals surface area contributed by atoms with Crippen LogP contribution in [0.15, 0.2) is 58.2 Å². The van der Waals surface area contributed by atoms with E-state index in [1.54, 1.807) is 36.0 Å². The molecule has 1 fully saturated rings. The van der Waals surface area contributed by atoms with E-state index in [9.17, 15) is 17.6 Å². The molecule has 0 aliphatic carbocycles. The van der Waals surface area contributed by atoms with E-state index in [2.05, 4.69) is 15.0 Å². The fraction of sp³-hybridized carbons (Fsp3) is 0.419. The first kappa shape index (κ1) is 30.9. The summed E-state index contributed by atoms with van der Waals surface area (Å²) in [6.07, 6.45) is 1.56. The van der Waals surface area contributed by atoms with E-state index in [0.29, 0.717) is 60.9 Å². The number of hydrogen-bond donors (Lipinski definition) is 1. The summed E-state index contributed by atoms with van der Waals surface area (Å²) in [6.45, 7) is 7.75. The van der Waals surface area contributed by atoms with Crippen LogP contribution in [0.1, 0.15) is 31.5 Å². The summed E-state index contributed by atoms with van der Waals surface area (Å²) >= 11 is 0. The molecule has 12 heteroatoms. The zero-order chi connectivity index (χ0) is 30.6. The van der Waals surface area contributed by atoms with Crippen LogP contribution in [0.4, 0.5) is 4.39 Å². The number of fused-ring (bicyclic) bond motifs is 1. The second kappa shape index (κ2) is 13.4. The lowest BCUT2D eigenvalue weighted by molar-refractivity contribution is 0.0361. The number of aryl methyl sites for hydroxylation is 2.